The largest absolute Gasteiger partial charge is 0.478 e. The van der Waals surface area contributed by atoms with Gasteiger partial charge in [-0.3, -0.25) is 19.8 Å². The second-order valence-corrected chi connectivity index (χ2v) is 8.02. The van der Waals surface area contributed by atoms with E-state index >= 15 is 0 Å². The molecule has 4 rings (SSSR count). The maximum Gasteiger partial charge on any atom is 0.335 e. The number of hydrogen-bond acceptors (Lipinski definition) is 5. The lowest BCUT2D eigenvalue weighted by Crippen LogP contribution is -2.54. The molecule has 8 nitrogen and oxygen atoms in total. The SMILES string of the molecule is Cc1cc(C=C2C(=O)NC(=S)N(c3cccc(C(=O)O)c3)C2=O)c(C)n1-c1ccc(C#N)cc1. The minimum atomic E-state index is -1.15. The number of rotatable bonds is 4. The summed E-state index contributed by atoms with van der Waals surface area (Å²) in [5.41, 5.74) is 3.81. The fourth-order valence-corrected chi connectivity index (χ4v) is 4.12. The number of nitrogens with zero attached hydrogens (tertiary/aromatic N) is 3. The first-order chi connectivity index (χ1) is 16.2. The van der Waals surface area contributed by atoms with Crippen molar-refractivity contribution >= 4 is 46.9 Å². The van der Waals surface area contributed by atoms with Crippen LogP contribution in [0.3, 0.4) is 0 Å². The molecule has 1 saturated heterocycles. The molecule has 0 radical (unpaired) electrons. The third kappa shape index (κ3) is 3.98. The molecule has 1 aliphatic heterocycles. The fourth-order valence-electron chi connectivity index (χ4n) is 3.84. The average Bonchev–Trinajstić information content (AvgIpc) is 3.09. The second kappa shape index (κ2) is 8.77. The van der Waals surface area contributed by atoms with E-state index in [0.717, 1.165) is 22.0 Å². The van der Waals surface area contributed by atoms with E-state index in [2.05, 4.69) is 11.4 Å². The van der Waals surface area contributed by atoms with E-state index in [1.165, 1.54) is 24.3 Å². The Morgan fingerprint density at radius 3 is 2.44 bits per heavy atom. The molecule has 0 spiro atoms. The van der Waals surface area contributed by atoms with E-state index in [4.69, 9.17) is 17.5 Å². The van der Waals surface area contributed by atoms with Crippen molar-refractivity contribution in [2.45, 2.75) is 13.8 Å². The first-order valence-electron chi connectivity index (χ1n) is 10.2. The molecule has 0 atom stereocenters. The van der Waals surface area contributed by atoms with Gasteiger partial charge in [-0.2, -0.15) is 5.26 Å². The summed E-state index contributed by atoms with van der Waals surface area (Å²) >= 11 is 5.20. The molecule has 1 aliphatic rings. The van der Waals surface area contributed by atoms with E-state index < -0.39 is 17.8 Å². The number of aromatic nitrogens is 1. The zero-order chi connectivity index (χ0) is 24.6. The van der Waals surface area contributed by atoms with Crippen LogP contribution in [-0.4, -0.2) is 32.6 Å². The van der Waals surface area contributed by atoms with Gasteiger partial charge in [-0.1, -0.05) is 6.07 Å². The normalized spacial score (nSPS) is 14.8. The van der Waals surface area contributed by atoms with Gasteiger partial charge in [-0.15, -0.1) is 0 Å². The van der Waals surface area contributed by atoms with Crippen LogP contribution in [0, 0.1) is 25.2 Å². The molecule has 0 aliphatic carbocycles. The number of carboxylic acid groups (broad SMARTS) is 1. The molecule has 2 aromatic carbocycles. The highest BCUT2D eigenvalue weighted by Crippen LogP contribution is 2.26. The highest BCUT2D eigenvalue weighted by atomic mass is 32.1. The van der Waals surface area contributed by atoms with Crippen molar-refractivity contribution in [1.29, 1.82) is 5.26 Å². The Morgan fingerprint density at radius 2 is 1.79 bits per heavy atom. The number of amides is 2. The molecule has 0 bridgehead atoms. The summed E-state index contributed by atoms with van der Waals surface area (Å²) in [4.78, 5) is 38.4. The Morgan fingerprint density at radius 1 is 1.09 bits per heavy atom. The Balaban J connectivity index is 1.75. The van der Waals surface area contributed by atoms with Crippen molar-refractivity contribution < 1.29 is 19.5 Å². The topological polar surface area (TPSA) is 115 Å². The van der Waals surface area contributed by atoms with Gasteiger partial charge in [0.1, 0.15) is 5.57 Å². The predicted molar refractivity (Wildman–Crippen MR) is 130 cm³/mol. The van der Waals surface area contributed by atoms with Crippen molar-refractivity contribution in [3.8, 4) is 11.8 Å². The van der Waals surface area contributed by atoms with Gasteiger partial charge in [0.25, 0.3) is 11.8 Å². The second-order valence-electron chi connectivity index (χ2n) is 7.63. The number of carbonyl (C=O) groups is 3. The summed E-state index contributed by atoms with van der Waals surface area (Å²) < 4.78 is 1.96. The van der Waals surface area contributed by atoms with Gasteiger partial charge in [0, 0.05) is 17.1 Å². The first-order valence-corrected chi connectivity index (χ1v) is 10.6. The molecule has 1 aromatic heterocycles. The Kier molecular flexibility index (Phi) is 5.84. The number of hydrogen-bond donors (Lipinski definition) is 2. The smallest absolute Gasteiger partial charge is 0.335 e. The molecule has 34 heavy (non-hydrogen) atoms. The van der Waals surface area contributed by atoms with Gasteiger partial charge in [0.05, 0.1) is 22.9 Å². The minimum absolute atomic E-state index is 0.0125. The molecule has 2 amide bonds. The molecular formula is C25H18N4O4S. The van der Waals surface area contributed by atoms with Crippen LogP contribution in [0.4, 0.5) is 5.69 Å². The van der Waals surface area contributed by atoms with Crippen LogP contribution in [0.2, 0.25) is 0 Å². The molecule has 0 unspecified atom stereocenters. The predicted octanol–water partition coefficient (Wildman–Crippen LogP) is 3.50. The first kappa shape index (κ1) is 22.6. The lowest BCUT2D eigenvalue weighted by atomic mass is 10.1. The van der Waals surface area contributed by atoms with Crippen LogP contribution in [0.15, 0.2) is 60.2 Å². The monoisotopic (exact) mass is 470 g/mol. The molecule has 2 heterocycles. The molecule has 2 N–H and O–H groups in total. The van der Waals surface area contributed by atoms with Crippen molar-refractivity contribution in [1.82, 2.24) is 9.88 Å². The van der Waals surface area contributed by atoms with E-state index in [1.807, 2.05) is 36.6 Å². The van der Waals surface area contributed by atoms with Crippen LogP contribution in [0.25, 0.3) is 11.8 Å². The summed E-state index contributed by atoms with van der Waals surface area (Å²) in [6.07, 6.45) is 1.50. The van der Waals surface area contributed by atoms with E-state index in [0.29, 0.717) is 11.1 Å². The van der Waals surface area contributed by atoms with E-state index in [-0.39, 0.29) is 21.9 Å². The van der Waals surface area contributed by atoms with Gasteiger partial charge in [-0.25, -0.2) is 4.79 Å². The van der Waals surface area contributed by atoms with Crippen molar-refractivity contribution in [3.05, 3.63) is 88.2 Å². The zero-order valence-corrected chi connectivity index (χ0v) is 19.0. The van der Waals surface area contributed by atoms with Crippen LogP contribution >= 0.6 is 12.2 Å². The van der Waals surface area contributed by atoms with Crippen LogP contribution in [0.5, 0.6) is 0 Å². The van der Waals surface area contributed by atoms with E-state index in [9.17, 15) is 19.5 Å². The number of carboxylic acids is 1. The number of aromatic carboxylic acids is 1. The number of nitriles is 1. The Labute approximate surface area is 200 Å². The molecule has 9 heteroatoms. The van der Waals surface area contributed by atoms with Crippen LogP contribution in [-0.2, 0) is 9.59 Å². The number of thiocarbonyl (C=S) groups is 1. The zero-order valence-electron chi connectivity index (χ0n) is 18.2. The Bertz CT molecular complexity index is 1440. The average molecular weight is 471 g/mol. The summed E-state index contributed by atoms with van der Waals surface area (Å²) in [5, 5.41) is 20.7. The lowest BCUT2D eigenvalue weighted by molar-refractivity contribution is -0.122. The van der Waals surface area contributed by atoms with Crippen molar-refractivity contribution in [2.24, 2.45) is 0 Å². The quantitative estimate of drug-likeness (QED) is 0.343. The summed E-state index contributed by atoms with van der Waals surface area (Å²) in [6.45, 7) is 3.76. The molecule has 3 aromatic rings. The number of carbonyl (C=O) groups excluding carboxylic acids is 2. The van der Waals surface area contributed by atoms with Gasteiger partial charge in [0.15, 0.2) is 5.11 Å². The van der Waals surface area contributed by atoms with Crippen LogP contribution in [0.1, 0.15) is 32.9 Å². The third-order valence-corrected chi connectivity index (χ3v) is 5.76. The van der Waals surface area contributed by atoms with Gasteiger partial charge in [0.2, 0.25) is 0 Å². The number of nitrogens with one attached hydrogen (secondary N) is 1. The van der Waals surface area contributed by atoms with Crippen molar-refractivity contribution in [3.63, 3.8) is 0 Å². The van der Waals surface area contributed by atoms with Gasteiger partial charge in [-0.05, 0) is 86.2 Å². The molecular weight excluding hydrogens is 452 g/mol. The van der Waals surface area contributed by atoms with Crippen molar-refractivity contribution in [2.75, 3.05) is 4.90 Å². The maximum atomic E-state index is 13.3. The van der Waals surface area contributed by atoms with Gasteiger partial charge >= 0.3 is 5.97 Å². The highest BCUT2D eigenvalue weighted by Gasteiger charge is 2.35. The number of anilines is 1. The standard InChI is InChI=1S/C25H18N4O4S/c1-14-10-18(15(2)28(14)19-8-6-16(13-26)7-9-19)12-21-22(30)27-25(34)29(23(21)31)20-5-3-4-17(11-20)24(32)33/h3-12H,1-2H3,(H,32,33)(H,27,30,34). The fraction of sp³-hybridized carbons (Fsp3) is 0.0800. The maximum absolute atomic E-state index is 13.3. The highest BCUT2D eigenvalue weighted by molar-refractivity contribution is 7.80. The Hall–Kier alpha value is -4.55. The summed E-state index contributed by atoms with van der Waals surface area (Å²) in [7, 11) is 0. The number of benzene rings is 2. The number of aryl methyl sites for hydroxylation is 1. The third-order valence-electron chi connectivity index (χ3n) is 5.48. The van der Waals surface area contributed by atoms with E-state index in [1.54, 1.807) is 18.2 Å². The summed E-state index contributed by atoms with van der Waals surface area (Å²) in [5.74, 6) is -2.43. The molecule has 168 valence electrons. The minimum Gasteiger partial charge on any atom is -0.478 e. The van der Waals surface area contributed by atoms with Gasteiger partial charge < -0.3 is 9.67 Å². The summed E-state index contributed by atoms with van der Waals surface area (Å²) in [6, 6.07) is 16.8. The van der Waals surface area contributed by atoms with Crippen LogP contribution < -0.4 is 10.2 Å². The molecule has 1 fully saturated rings. The lowest BCUT2D eigenvalue weighted by Gasteiger charge is -2.29. The molecule has 0 saturated carbocycles.